The van der Waals surface area contributed by atoms with E-state index in [9.17, 15) is 8.78 Å². The lowest BCUT2D eigenvalue weighted by Gasteiger charge is -2.08. The van der Waals surface area contributed by atoms with Crippen LogP contribution in [0.5, 0.6) is 0 Å². The summed E-state index contributed by atoms with van der Waals surface area (Å²) in [5.41, 5.74) is 0. The lowest BCUT2D eigenvalue weighted by Crippen LogP contribution is -2.08. The van der Waals surface area contributed by atoms with Gasteiger partial charge in [-0.25, -0.2) is 8.78 Å². The van der Waals surface area contributed by atoms with Crippen LogP contribution in [-0.2, 0) is 0 Å². The smallest absolute Gasteiger partial charge is 0.127 e. The molecule has 0 aliphatic rings. The average molecular weight is 132 g/mol. The Morgan fingerprint density at radius 1 is 1.67 bits per heavy atom. The first-order valence-corrected chi connectivity index (χ1v) is 2.70. The van der Waals surface area contributed by atoms with Gasteiger partial charge in [0.25, 0.3) is 0 Å². The van der Waals surface area contributed by atoms with Gasteiger partial charge in [0.2, 0.25) is 0 Å². The van der Waals surface area contributed by atoms with Gasteiger partial charge in [-0.05, 0) is 0 Å². The summed E-state index contributed by atoms with van der Waals surface area (Å²) in [5, 5.41) is 0. The maximum atomic E-state index is 12.4. The van der Waals surface area contributed by atoms with Gasteiger partial charge in [-0.2, -0.15) is 0 Å². The van der Waals surface area contributed by atoms with Crippen molar-refractivity contribution in [3.05, 3.63) is 25.1 Å². The number of allylic oxidation sites excluding steroid dienone is 2. The molecule has 0 nitrogen and oxygen atoms in total. The molecule has 0 N–H and O–H groups in total. The summed E-state index contributed by atoms with van der Waals surface area (Å²) in [6, 6.07) is 0. The third-order valence-corrected chi connectivity index (χ3v) is 1.20. The lowest BCUT2D eigenvalue weighted by molar-refractivity contribution is 0.296. The van der Waals surface area contributed by atoms with Crippen molar-refractivity contribution in [3.8, 4) is 0 Å². The molecule has 2 unspecified atom stereocenters. The van der Waals surface area contributed by atoms with E-state index < -0.39 is 17.9 Å². The van der Waals surface area contributed by atoms with Crippen LogP contribution in [0.3, 0.4) is 0 Å². The van der Waals surface area contributed by atoms with Gasteiger partial charge in [-0.1, -0.05) is 19.6 Å². The summed E-state index contributed by atoms with van der Waals surface area (Å²) in [4.78, 5) is 0. The van der Waals surface area contributed by atoms with Crippen molar-refractivity contribution in [2.45, 2.75) is 13.1 Å². The van der Waals surface area contributed by atoms with E-state index in [1.165, 1.54) is 6.92 Å². The Balaban J connectivity index is 3.86. The fraction of sp³-hybridized carbons (Fsp3) is 0.429. The van der Waals surface area contributed by atoms with Crippen molar-refractivity contribution in [3.63, 3.8) is 0 Å². The second-order valence-electron chi connectivity index (χ2n) is 1.92. The Bertz CT molecular complexity index is 118. The molecule has 2 heteroatoms. The van der Waals surface area contributed by atoms with Crippen molar-refractivity contribution >= 4 is 0 Å². The topological polar surface area (TPSA) is 0 Å². The van der Waals surface area contributed by atoms with Crippen LogP contribution in [0.2, 0.25) is 0 Å². The molecule has 2 atom stereocenters. The van der Waals surface area contributed by atoms with E-state index in [4.69, 9.17) is 0 Å². The van der Waals surface area contributed by atoms with Gasteiger partial charge in [-0.3, -0.25) is 0 Å². The van der Waals surface area contributed by atoms with E-state index in [-0.39, 0.29) is 0 Å². The van der Waals surface area contributed by atoms with Gasteiger partial charge in [0, 0.05) is 5.92 Å². The van der Waals surface area contributed by atoms with Crippen LogP contribution >= 0.6 is 0 Å². The fourth-order valence-electron chi connectivity index (χ4n) is 0.377. The predicted molar refractivity (Wildman–Crippen MR) is 34.5 cm³/mol. The predicted octanol–water partition coefficient (Wildman–Crippen LogP) is 2.63. The zero-order chi connectivity index (χ0) is 7.44. The molecule has 0 spiro atoms. The number of hydrogen-bond acceptors (Lipinski definition) is 0. The molecule has 0 amide bonds. The quantitative estimate of drug-likeness (QED) is 0.518. The molecular weight excluding hydrogens is 122 g/mol. The largest absolute Gasteiger partial charge is 0.242 e. The molecule has 0 aromatic rings. The third-order valence-electron chi connectivity index (χ3n) is 1.20. The van der Waals surface area contributed by atoms with E-state index in [1.807, 2.05) is 0 Å². The molecule has 0 aliphatic carbocycles. The molecule has 0 rings (SSSR count). The first-order valence-electron chi connectivity index (χ1n) is 2.70. The molecule has 0 saturated carbocycles. The second-order valence-corrected chi connectivity index (χ2v) is 1.92. The molecule has 0 aliphatic heterocycles. The number of halogens is 2. The molecule has 9 heavy (non-hydrogen) atoms. The average Bonchev–Trinajstić information content (AvgIpc) is 1.84. The normalized spacial score (nSPS) is 16.3. The summed E-state index contributed by atoms with van der Waals surface area (Å²) in [5.74, 6) is -1.40. The molecular formula is C7H10F2. The van der Waals surface area contributed by atoms with Gasteiger partial charge in [0.05, 0.1) is 5.83 Å². The van der Waals surface area contributed by atoms with Crippen LogP contribution in [-0.4, -0.2) is 6.17 Å². The fourth-order valence-corrected chi connectivity index (χ4v) is 0.377. The Morgan fingerprint density at radius 3 is 2.22 bits per heavy atom. The number of rotatable bonds is 3. The Kier molecular flexibility index (Phi) is 3.13. The highest BCUT2D eigenvalue weighted by Gasteiger charge is 2.14. The number of alkyl halides is 1. The van der Waals surface area contributed by atoms with Crippen molar-refractivity contribution in [1.82, 2.24) is 0 Å². The maximum Gasteiger partial charge on any atom is 0.127 e. The Hall–Kier alpha value is -0.660. The maximum absolute atomic E-state index is 12.4. The molecule has 0 heterocycles. The van der Waals surface area contributed by atoms with E-state index in [0.29, 0.717) is 0 Å². The van der Waals surface area contributed by atoms with Crippen LogP contribution in [0.1, 0.15) is 6.92 Å². The monoisotopic (exact) mass is 132 g/mol. The molecule has 0 bridgehead atoms. The van der Waals surface area contributed by atoms with Gasteiger partial charge in [-0.15, -0.1) is 6.58 Å². The van der Waals surface area contributed by atoms with Crippen molar-refractivity contribution in [2.24, 2.45) is 5.92 Å². The highest BCUT2D eigenvalue weighted by molar-refractivity contribution is 4.97. The summed E-state index contributed by atoms with van der Waals surface area (Å²) >= 11 is 0. The van der Waals surface area contributed by atoms with E-state index >= 15 is 0 Å². The molecule has 0 fully saturated rings. The minimum Gasteiger partial charge on any atom is -0.242 e. The van der Waals surface area contributed by atoms with Crippen LogP contribution < -0.4 is 0 Å². The van der Waals surface area contributed by atoms with Crippen LogP contribution in [0, 0.1) is 5.92 Å². The zero-order valence-electron chi connectivity index (χ0n) is 5.40. The minimum atomic E-state index is -1.32. The highest BCUT2D eigenvalue weighted by Crippen LogP contribution is 2.16. The van der Waals surface area contributed by atoms with Gasteiger partial charge in [0.1, 0.15) is 6.17 Å². The SMILES string of the molecule is C=CC(F)C(C)C(=C)F. The van der Waals surface area contributed by atoms with Crippen molar-refractivity contribution in [2.75, 3.05) is 0 Å². The van der Waals surface area contributed by atoms with E-state index in [2.05, 4.69) is 13.2 Å². The Morgan fingerprint density at radius 2 is 2.11 bits per heavy atom. The van der Waals surface area contributed by atoms with Gasteiger partial charge >= 0.3 is 0 Å². The zero-order valence-corrected chi connectivity index (χ0v) is 5.40. The Labute approximate surface area is 53.9 Å². The molecule has 0 aromatic carbocycles. The molecule has 0 radical (unpaired) electrons. The van der Waals surface area contributed by atoms with E-state index in [0.717, 1.165) is 6.08 Å². The van der Waals surface area contributed by atoms with E-state index in [1.54, 1.807) is 0 Å². The van der Waals surface area contributed by atoms with Gasteiger partial charge < -0.3 is 0 Å². The second kappa shape index (κ2) is 3.38. The summed E-state index contributed by atoms with van der Waals surface area (Å²) in [7, 11) is 0. The standard InChI is InChI=1S/C7H10F2/c1-4-7(9)5(2)6(3)8/h4-5,7H,1,3H2,2H3. The van der Waals surface area contributed by atoms with Crippen molar-refractivity contribution < 1.29 is 8.78 Å². The summed E-state index contributed by atoms with van der Waals surface area (Å²) in [6.07, 6.45) is -0.252. The number of hydrogen-bond donors (Lipinski definition) is 0. The van der Waals surface area contributed by atoms with Gasteiger partial charge in [0.15, 0.2) is 0 Å². The molecule has 52 valence electrons. The van der Waals surface area contributed by atoms with Crippen molar-refractivity contribution in [1.29, 1.82) is 0 Å². The summed E-state index contributed by atoms with van der Waals surface area (Å²) in [6.45, 7) is 7.58. The minimum absolute atomic E-state index is 0.637. The van der Waals surface area contributed by atoms with Crippen LogP contribution in [0.25, 0.3) is 0 Å². The third kappa shape index (κ3) is 2.40. The first-order chi connectivity index (χ1) is 4.09. The summed E-state index contributed by atoms with van der Waals surface area (Å²) < 4.78 is 24.4. The highest BCUT2D eigenvalue weighted by atomic mass is 19.1. The first kappa shape index (κ1) is 8.34. The molecule has 0 aromatic heterocycles. The lowest BCUT2D eigenvalue weighted by atomic mass is 10.1. The van der Waals surface area contributed by atoms with Crippen LogP contribution in [0.15, 0.2) is 25.1 Å². The van der Waals surface area contributed by atoms with Crippen LogP contribution in [0.4, 0.5) is 8.78 Å². The molecule has 0 saturated heterocycles.